The zero-order valence-corrected chi connectivity index (χ0v) is 11.7. The number of benzene rings is 1. The van der Waals surface area contributed by atoms with E-state index in [-0.39, 0.29) is 36.0 Å². The smallest absolute Gasteiger partial charge is 0.216 e. The van der Waals surface area contributed by atoms with E-state index in [1.54, 1.807) is 0 Å². The minimum Gasteiger partial charge on any atom is -0.216 e. The molecule has 0 atom stereocenters. The van der Waals surface area contributed by atoms with Crippen molar-refractivity contribution in [3.05, 3.63) is 30.5 Å². The van der Waals surface area contributed by atoms with Crippen LogP contribution in [0.15, 0.2) is 0 Å². The highest BCUT2D eigenvalue weighted by Gasteiger charge is 2.19. The van der Waals surface area contributed by atoms with Gasteiger partial charge < -0.3 is 0 Å². The van der Waals surface area contributed by atoms with Crippen LogP contribution in [0.3, 0.4) is 0 Å². The summed E-state index contributed by atoms with van der Waals surface area (Å²) in [6.07, 6.45) is 0. The van der Waals surface area contributed by atoms with Crippen LogP contribution in [0, 0.1) is 0 Å². The van der Waals surface area contributed by atoms with Gasteiger partial charge >= 0.3 is 0 Å². The van der Waals surface area contributed by atoms with Gasteiger partial charge in [0.15, 0.2) is 0 Å². The zero-order chi connectivity index (χ0) is 12.0. The first-order valence-corrected chi connectivity index (χ1v) is 6.05. The third-order valence-electron chi connectivity index (χ3n) is 1.84. The van der Waals surface area contributed by atoms with E-state index in [4.69, 9.17) is 69.6 Å². The Bertz CT molecular complexity index is 597. The monoisotopic (exact) mass is 334 g/mol. The minimum atomic E-state index is -0.0474. The largest absolute Gasteiger partial charge is 0.224 e. The molecule has 0 radical (unpaired) electrons. The number of fused-ring (bicyclic) bond motifs is 1. The predicted octanol–water partition coefficient (Wildman–Crippen LogP) is 5.55. The van der Waals surface area contributed by atoms with Gasteiger partial charge in [-0.3, -0.25) is 0 Å². The molecule has 0 amide bonds. The summed E-state index contributed by atoms with van der Waals surface area (Å²) < 4.78 is 0. The first-order valence-electron chi connectivity index (χ1n) is 3.78. The highest BCUT2D eigenvalue weighted by molar-refractivity contribution is 6.56. The van der Waals surface area contributed by atoms with Crippen LogP contribution in [0.1, 0.15) is 0 Å². The number of hydrogen-bond acceptors (Lipinski definition) is 2. The Kier molecular flexibility index (Phi) is 3.60. The normalized spacial score (nSPS) is 11.1. The fourth-order valence-corrected chi connectivity index (χ4v) is 2.67. The average Bonchev–Trinajstić information content (AvgIpc) is 2.22. The van der Waals surface area contributed by atoms with E-state index in [0.717, 1.165) is 0 Å². The minimum absolute atomic E-state index is 0.0474. The fourth-order valence-electron chi connectivity index (χ4n) is 1.17. The molecule has 0 aliphatic rings. The Morgan fingerprint density at radius 2 is 1.19 bits per heavy atom. The molecule has 0 aliphatic heterocycles. The van der Waals surface area contributed by atoms with Gasteiger partial charge in [0.25, 0.3) is 0 Å². The molecule has 0 spiro atoms. The van der Waals surface area contributed by atoms with Crippen LogP contribution in [0.5, 0.6) is 0 Å². The second-order valence-electron chi connectivity index (χ2n) is 2.76. The van der Waals surface area contributed by atoms with E-state index in [0.29, 0.717) is 5.39 Å². The quantitative estimate of drug-likeness (QED) is 0.273. The molecule has 1 aromatic heterocycles. The molecule has 0 saturated heterocycles. The van der Waals surface area contributed by atoms with E-state index >= 15 is 0 Å². The lowest BCUT2D eigenvalue weighted by Gasteiger charge is -2.08. The number of nitrogens with zero attached hydrogens (tertiary/aromatic N) is 2. The molecule has 0 fully saturated rings. The van der Waals surface area contributed by atoms with Crippen molar-refractivity contribution in [3.8, 4) is 0 Å². The average molecular weight is 337 g/mol. The Morgan fingerprint density at radius 3 is 1.81 bits per heavy atom. The topological polar surface area (TPSA) is 25.8 Å². The summed E-state index contributed by atoms with van der Waals surface area (Å²) in [6, 6.07) is 0. The van der Waals surface area contributed by atoms with Gasteiger partial charge in [-0.25, -0.2) is 9.97 Å². The second-order valence-corrected chi connectivity index (χ2v) is 4.97. The predicted molar refractivity (Wildman–Crippen MR) is 69.6 cm³/mol. The summed E-state index contributed by atoms with van der Waals surface area (Å²) in [6.45, 7) is 0. The van der Waals surface area contributed by atoms with Crippen LogP contribution in [0.2, 0.25) is 30.5 Å². The Balaban J connectivity index is 3.08. The number of hydrogen-bond donors (Lipinski definition) is 0. The van der Waals surface area contributed by atoms with E-state index in [1.165, 1.54) is 0 Å². The van der Waals surface area contributed by atoms with Crippen molar-refractivity contribution in [1.29, 1.82) is 0 Å². The maximum atomic E-state index is 5.98. The van der Waals surface area contributed by atoms with E-state index in [1.807, 2.05) is 0 Å². The van der Waals surface area contributed by atoms with Crippen molar-refractivity contribution in [2.45, 2.75) is 0 Å². The number of rotatable bonds is 0. The van der Waals surface area contributed by atoms with Crippen LogP contribution >= 0.6 is 69.6 Å². The van der Waals surface area contributed by atoms with Gasteiger partial charge in [0.2, 0.25) is 5.28 Å². The Morgan fingerprint density at radius 1 is 0.625 bits per heavy atom. The van der Waals surface area contributed by atoms with Crippen LogP contribution < -0.4 is 0 Å². The summed E-state index contributed by atoms with van der Waals surface area (Å²) in [7, 11) is 0. The summed E-state index contributed by atoms with van der Waals surface area (Å²) in [5.74, 6) is 0. The molecule has 16 heavy (non-hydrogen) atoms. The third-order valence-corrected chi connectivity index (χ3v) is 4.08. The van der Waals surface area contributed by atoms with Crippen LogP contribution in [-0.2, 0) is 0 Å². The molecule has 2 aromatic rings. The first-order chi connectivity index (χ1) is 7.43. The number of aromatic nitrogens is 2. The number of halogens is 6. The Hall–Kier alpha value is 0.300. The van der Waals surface area contributed by atoms with E-state index in [2.05, 4.69) is 9.97 Å². The third kappa shape index (κ3) is 1.92. The fraction of sp³-hybridized carbons (Fsp3) is 0. The lowest BCUT2D eigenvalue weighted by atomic mass is 10.2. The SMILES string of the molecule is Clc1nc(Cl)c2c(Cl)c(Cl)c(Cl)c(Cl)c2n1. The second kappa shape index (κ2) is 4.52. The molecule has 0 aliphatic carbocycles. The van der Waals surface area contributed by atoms with E-state index < -0.39 is 0 Å². The van der Waals surface area contributed by atoms with Gasteiger partial charge in [0.05, 0.1) is 31.0 Å². The summed E-state index contributed by atoms with van der Waals surface area (Å²) in [5.41, 5.74) is 0.270. The summed E-state index contributed by atoms with van der Waals surface area (Å²) >= 11 is 35.2. The van der Waals surface area contributed by atoms with Crippen LogP contribution in [0.25, 0.3) is 10.9 Å². The van der Waals surface area contributed by atoms with Gasteiger partial charge in [-0.1, -0.05) is 58.0 Å². The van der Waals surface area contributed by atoms with Crippen LogP contribution in [-0.4, -0.2) is 9.97 Å². The van der Waals surface area contributed by atoms with Gasteiger partial charge in [-0.2, -0.15) is 0 Å². The van der Waals surface area contributed by atoms with Crippen molar-refractivity contribution in [2.24, 2.45) is 0 Å². The van der Waals surface area contributed by atoms with Gasteiger partial charge in [0.1, 0.15) is 5.15 Å². The van der Waals surface area contributed by atoms with Gasteiger partial charge in [-0.05, 0) is 11.6 Å². The van der Waals surface area contributed by atoms with Crippen molar-refractivity contribution in [2.75, 3.05) is 0 Å². The summed E-state index contributed by atoms with van der Waals surface area (Å²) in [5, 5.41) is 0.840. The van der Waals surface area contributed by atoms with Crippen molar-refractivity contribution < 1.29 is 0 Å². The van der Waals surface area contributed by atoms with Crippen molar-refractivity contribution >= 4 is 80.5 Å². The van der Waals surface area contributed by atoms with Gasteiger partial charge in [-0.15, -0.1) is 0 Å². The molecule has 8 heteroatoms. The van der Waals surface area contributed by atoms with Crippen molar-refractivity contribution in [1.82, 2.24) is 9.97 Å². The molecule has 1 aromatic carbocycles. The maximum absolute atomic E-state index is 5.98. The lowest BCUT2D eigenvalue weighted by molar-refractivity contribution is 1.22. The standard InChI is InChI=1S/C8Cl6N2/c9-2-1-6(5(12)4(11)3(2)10)15-8(14)16-7(1)13. The van der Waals surface area contributed by atoms with Crippen molar-refractivity contribution in [3.63, 3.8) is 0 Å². The molecule has 0 saturated carbocycles. The zero-order valence-electron chi connectivity index (χ0n) is 7.16. The highest BCUT2D eigenvalue weighted by atomic mass is 35.5. The molecule has 0 N–H and O–H groups in total. The molecule has 2 nitrogen and oxygen atoms in total. The molecule has 2 rings (SSSR count). The summed E-state index contributed by atoms with van der Waals surface area (Å²) in [4.78, 5) is 7.66. The molecular formula is C8Cl6N2. The molecular weight excluding hydrogens is 337 g/mol. The maximum Gasteiger partial charge on any atom is 0.224 e. The first kappa shape index (κ1) is 12.7. The Labute approximate surface area is 120 Å². The van der Waals surface area contributed by atoms with Gasteiger partial charge in [0, 0.05) is 0 Å². The van der Waals surface area contributed by atoms with E-state index in [9.17, 15) is 0 Å². The molecule has 1 heterocycles. The molecule has 84 valence electrons. The highest BCUT2D eigenvalue weighted by Crippen LogP contribution is 2.44. The molecule has 0 unspecified atom stereocenters. The lowest BCUT2D eigenvalue weighted by Crippen LogP contribution is -1.90. The van der Waals surface area contributed by atoms with Crippen LogP contribution in [0.4, 0.5) is 0 Å². The molecule has 0 bridgehead atoms.